The molecule has 1 aromatic carbocycles. The fraction of sp³-hybridized carbons (Fsp3) is 0.353. The van der Waals surface area contributed by atoms with Crippen molar-refractivity contribution in [1.29, 1.82) is 0 Å². The molecular weight excluding hydrogens is 360 g/mol. The molecule has 0 unspecified atom stereocenters. The van der Waals surface area contributed by atoms with Crippen LogP contribution in [0.25, 0.3) is 0 Å². The maximum absolute atomic E-state index is 12.2. The van der Waals surface area contributed by atoms with E-state index in [9.17, 15) is 13.2 Å². The second-order valence-corrected chi connectivity index (χ2v) is 7.39. The predicted octanol–water partition coefficient (Wildman–Crippen LogP) is 1.77. The zero-order valence-electron chi connectivity index (χ0n) is 14.9. The number of sulfonamides is 1. The molecule has 0 spiro atoms. The molecule has 1 N–H and O–H groups in total. The Hall–Kier alpha value is -2.68. The van der Waals surface area contributed by atoms with E-state index in [0.29, 0.717) is 22.9 Å². The molecule has 0 aliphatic carbocycles. The van der Waals surface area contributed by atoms with E-state index >= 15 is 0 Å². The van der Waals surface area contributed by atoms with Crippen molar-refractivity contribution < 1.29 is 27.1 Å². The molecule has 142 valence electrons. The Balaban J connectivity index is 2.12. The van der Waals surface area contributed by atoms with Gasteiger partial charge in [0, 0.05) is 19.0 Å². The van der Waals surface area contributed by atoms with Crippen molar-refractivity contribution in [2.24, 2.45) is 0 Å². The highest BCUT2D eigenvalue weighted by Crippen LogP contribution is 2.33. The molecule has 0 atom stereocenters. The zero-order chi connectivity index (χ0) is 19.2. The number of methoxy groups -OCH3 is 2. The van der Waals surface area contributed by atoms with Crippen LogP contribution in [-0.2, 0) is 21.4 Å². The number of carbonyl (C=O) groups is 1. The van der Waals surface area contributed by atoms with Gasteiger partial charge in [0.15, 0.2) is 0 Å². The molecule has 0 aliphatic rings. The lowest BCUT2D eigenvalue weighted by Crippen LogP contribution is -2.34. The zero-order valence-corrected chi connectivity index (χ0v) is 15.7. The van der Waals surface area contributed by atoms with Crippen molar-refractivity contribution in [3.63, 3.8) is 0 Å². The Morgan fingerprint density at radius 3 is 2.58 bits per heavy atom. The molecular formula is C17H22N2O6S. The van der Waals surface area contributed by atoms with Crippen LogP contribution in [0, 0.1) is 0 Å². The Kier molecular flexibility index (Phi) is 6.51. The molecule has 0 aliphatic heterocycles. The Morgan fingerprint density at radius 2 is 2.00 bits per heavy atom. The van der Waals surface area contributed by atoms with Crippen molar-refractivity contribution in [3.05, 3.63) is 42.4 Å². The summed E-state index contributed by atoms with van der Waals surface area (Å²) in [6.07, 6.45) is 2.57. The summed E-state index contributed by atoms with van der Waals surface area (Å²) in [6, 6.07) is 8.30. The number of hydrogen-bond donors (Lipinski definition) is 1. The van der Waals surface area contributed by atoms with E-state index in [2.05, 4.69) is 5.32 Å². The molecule has 0 saturated heterocycles. The van der Waals surface area contributed by atoms with E-state index in [1.165, 1.54) is 20.5 Å². The second-order valence-electron chi connectivity index (χ2n) is 5.48. The van der Waals surface area contributed by atoms with Crippen LogP contribution in [-0.4, -0.2) is 41.3 Å². The van der Waals surface area contributed by atoms with Crippen molar-refractivity contribution in [3.8, 4) is 11.5 Å². The summed E-state index contributed by atoms with van der Waals surface area (Å²) < 4.78 is 41.1. The first kappa shape index (κ1) is 19.6. The first-order valence-corrected chi connectivity index (χ1v) is 9.69. The predicted molar refractivity (Wildman–Crippen MR) is 96.9 cm³/mol. The van der Waals surface area contributed by atoms with Crippen molar-refractivity contribution in [1.82, 2.24) is 5.32 Å². The average molecular weight is 382 g/mol. The molecule has 2 aromatic rings. The third kappa shape index (κ3) is 5.16. The normalized spacial score (nSPS) is 11.0. The van der Waals surface area contributed by atoms with E-state index in [4.69, 9.17) is 13.9 Å². The lowest BCUT2D eigenvalue weighted by atomic mass is 10.2. The molecule has 1 heterocycles. The minimum Gasteiger partial charge on any atom is -0.497 e. The number of ether oxygens (including phenoxy) is 2. The lowest BCUT2D eigenvalue weighted by Gasteiger charge is -2.24. The minimum atomic E-state index is -3.63. The average Bonchev–Trinajstić information content (AvgIpc) is 3.12. The molecule has 8 nitrogen and oxygen atoms in total. The highest BCUT2D eigenvalue weighted by molar-refractivity contribution is 7.92. The van der Waals surface area contributed by atoms with Gasteiger partial charge in [-0.25, -0.2) is 8.42 Å². The first-order valence-electron chi connectivity index (χ1n) is 7.84. The Labute approximate surface area is 152 Å². The molecule has 0 bridgehead atoms. The van der Waals surface area contributed by atoms with Gasteiger partial charge in [-0.3, -0.25) is 9.10 Å². The standard InChI is InChI=1S/C17H22N2O6S/c1-23-13-6-7-16(24-2)15(11-13)19(26(3,21)22)9-8-17(20)18-12-14-5-4-10-25-14/h4-7,10-11H,8-9,12H2,1-3H3,(H,18,20). The highest BCUT2D eigenvalue weighted by atomic mass is 32.2. The molecule has 1 amide bonds. The van der Waals surface area contributed by atoms with Crippen LogP contribution >= 0.6 is 0 Å². The lowest BCUT2D eigenvalue weighted by molar-refractivity contribution is -0.121. The monoisotopic (exact) mass is 382 g/mol. The molecule has 2 rings (SSSR count). The van der Waals surface area contributed by atoms with Gasteiger partial charge in [0.05, 0.1) is 39.0 Å². The summed E-state index contributed by atoms with van der Waals surface area (Å²) >= 11 is 0. The van der Waals surface area contributed by atoms with Gasteiger partial charge in [-0.1, -0.05) is 0 Å². The van der Waals surface area contributed by atoms with Crippen molar-refractivity contribution >= 4 is 21.6 Å². The van der Waals surface area contributed by atoms with Gasteiger partial charge in [0.25, 0.3) is 0 Å². The molecule has 26 heavy (non-hydrogen) atoms. The molecule has 0 saturated carbocycles. The van der Waals surface area contributed by atoms with Gasteiger partial charge in [-0.2, -0.15) is 0 Å². The quantitative estimate of drug-likeness (QED) is 0.710. The molecule has 0 radical (unpaired) electrons. The summed E-state index contributed by atoms with van der Waals surface area (Å²) in [4.78, 5) is 12.0. The molecule has 9 heteroatoms. The van der Waals surface area contributed by atoms with Crippen LogP contribution in [0.5, 0.6) is 11.5 Å². The smallest absolute Gasteiger partial charge is 0.232 e. The van der Waals surface area contributed by atoms with Gasteiger partial charge in [0.1, 0.15) is 17.3 Å². The third-order valence-electron chi connectivity index (χ3n) is 3.64. The maximum Gasteiger partial charge on any atom is 0.232 e. The van der Waals surface area contributed by atoms with E-state index in [1.54, 1.807) is 30.3 Å². The summed E-state index contributed by atoms with van der Waals surface area (Å²) in [5, 5.41) is 2.68. The van der Waals surface area contributed by atoms with Crippen molar-refractivity contribution in [2.75, 3.05) is 31.3 Å². The van der Waals surface area contributed by atoms with E-state index < -0.39 is 10.0 Å². The summed E-state index contributed by atoms with van der Waals surface area (Å²) in [6.45, 7) is 0.208. The number of rotatable bonds is 9. The first-order chi connectivity index (χ1) is 12.3. The summed E-state index contributed by atoms with van der Waals surface area (Å²) in [5.74, 6) is 1.17. The van der Waals surface area contributed by atoms with Gasteiger partial charge in [-0.15, -0.1) is 0 Å². The fourth-order valence-electron chi connectivity index (χ4n) is 2.35. The maximum atomic E-state index is 12.2. The third-order valence-corrected chi connectivity index (χ3v) is 4.82. The largest absolute Gasteiger partial charge is 0.497 e. The number of nitrogens with zero attached hydrogens (tertiary/aromatic N) is 1. The number of nitrogens with one attached hydrogen (secondary N) is 1. The van der Waals surface area contributed by atoms with Crippen LogP contribution in [0.1, 0.15) is 12.2 Å². The highest BCUT2D eigenvalue weighted by Gasteiger charge is 2.22. The Morgan fingerprint density at radius 1 is 1.23 bits per heavy atom. The van der Waals surface area contributed by atoms with Gasteiger partial charge in [0.2, 0.25) is 15.9 Å². The number of anilines is 1. The van der Waals surface area contributed by atoms with E-state index in [0.717, 1.165) is 10.6 Å². The van der Waals surface area contributed by atoms with Gasteiger partial charge in [-0.05, 0) is 24.3 Å². The summed E-state index contributed by atoms with van der Waals surface area (Å²) in [7, 11) is -0.699. The second kappa shape index (κ2) is 8.61. The molecule has 1 aromatic heterocycles. The van der Waals surface area contributed by atoms with Gasteiger partial charge < -0.3 is 19.2 Å². The summed E-state index contributed by atoms with van der Waals surface area (Å²) in [5.41, 5.74) is 0.313. The van der Waals surface area contributed by atoms with Crippen LogP contribution in [0.2, 0.25) is 0 Å². The number of furan rings is 1. The Bertz CT molecular complexity index is 833. The number of carbonyl (C=O) groups excluding carboxylic acids is 1. The van der Waals surface area contributed by atoms with Crippen molar-refractivity contribution in [2.45, 2.75) is 13.0 Å². The number of amides is 1. The minimum absolute atomic E-state index is 0.0197. The van der Waals surface area contributed by atoms with Crippen LogP contribution in [0.15, 0.2) is 41.0 Å². The van der Waals surface area contributed by atoms with Crippen LogP contribution < -0.4 is 19.1 Å². The van der Waals surface area contributed by atoms with Gasteiger partial charge >= 0.3 is 0 Å². The van der Waals surface area contributed by atoms with Crippen LogP contribution in [0.4, 0.5) is 5.69 Å². The number of benzene rings is 1. The number of hydrogen-bond acceptors (Lipinski definition) is 6. The SMILES string of the molecule is COc1ccc(OC)c(N(CCC(=O)NCc2ccco2)S(C)(=O)=O)c1. The van der Waals surface area contributed by atoms with E-state index in [1.807, 2.05) is 0 Å². The topological polar surface area (TPSA) is 98.1 Å². The molecule has 0 fully saturated rings. The van der Waals surface area contributed by atoms with Crippen LogP contribution in [0.3, 0.4) is 0 Å². The van der Waals surface area contributed by atoms with E-state index in [-0.39, 0.29) is 25.4 Å². The fourth-order valence-corrected chi connectivity index (χ4v) is 3.27.